The second kappa shape index (κ2) is 13.8. The number of aliphatic imine (C=N–C) groups is 1. The molecule has 0 bridgehead atoms. The minimum absolute atomic E-state index is 0.159. The number of nitrogens with one attached hydrogen (secondary N) is 2. The molecule has 0 spiro atoms. The van der Waals surface area contributed by atoms with Crippen molar-refractivity contribution >= 4 is 34.9 Å². The Kier molecular flexibility index (Phi) is 9.68. The molecule has 1 aromatic heterocycles. The lowest BCUT2D eigenvalue weighted by atomic mass is 9.96. The predicted molar refractivity (Wildman–Crippen MR) is 172 cm³/mol. The maximum atomic E-state index is 13.8. The van der Waals surface area contributed by atoms with E-state index in [1.807, 2.05) is 38.1 Å². The molecule has 0 atom stereocenters. The number of hydrogen-bond donors (Lipinski definition) is 2. The Labute approximate surface area is 256 Å². The van der Waals surface area contributed by atoms with Crippen LogP contribution in [-0.4, -0.2) is 57.0 Å². The van der Waals surface area contributed by atoms with E-state index in [1.165, 1.54) is 24.3 Å². The highest BCUT2D eigenvalue weighted by Crippen LogP contribution is 2.30. The minimum Gasteiger partial charge on any atom is -0.340 e. The molecular weight excluding hydrogens is 564 g/mol. The second-order valence-electron chi connectivity index (χ2n) is 10.5. The van der Waals surface area contributed by atoms with E-state index < -0.39 is 0 Å². The molecule has 5 rings (SSSR count). The Bertz CT molecular complexity index is 1520. The van der Waals surface area contributed by atoms with Crippen molar-refractivity contribution in [1.82, 2.24) is 19.8 Å². The number of thiocarbonyl (C=S) groups is 1. The van der Waals surface area contributed by atoms with Crippen molar-refractivity contribution in [2.75, 3.05) is 36.8 Å². The summed E-state index contributed by atoms with van der Waals surface area (Å²) in [6, 6.07) is 22.8. The average molecular weight is 600 g/mol. The van der Waals surface area contributed by atoms with Crippen molar-refractivity contribution in [3.63, 3.8) is 0 Å². The van der Waals surface area contributed by atoms with Gasteiger partial charge in [-0.2, -0.15) is 4.99 Å². The molecule has 1 saturated heterocycles. The van der Waals surface area contributed by atoms with E-state index in [2.05, 4.69) is 43.4 Å². The van der Waals surface area contributed by atoms with Crippen molar-refractivity contribution in [2.45, 2.75) is 33.2 Å². The van der Waals surface area contributed by atoms with Crippen molar-refractivity contribution in [1.29, 1.82) is 0 Å². The lowest BCUT2D eigenvalue weighted by Crippen LogP contribution is -2.52. The Balaban J connectivity index is 1.39. The highest BCUT2D eigenvalue weighted by Gasteiger charge is 2.28. The SMILES string of the molecule is CCc1ccccc1NC(=S)/N=C(/Nc1nc(C)cc(C)n1)N1CCN(C(c2ccc(F)cc2)c2ccc(F)cc2)CC1. The molecule has 1 aliphatic heterocycles. The number of anilines is 2. The zero-order valence-electron chi connectivity index (χ0n) is 24.5. The van der Waals surface area contributed by atoms with Crippen LogP contribution in [0.1, 0.15) is 41.0 Å². The molecular formula is C33H35F2N7S. The summed E-state index contributed by atoms with van der Waals surface area (Å²) in [4.78, 5) is 18.4. The number of aromatic nitrogens is 2. The second-order valence-corrected chi connectivity index (χ2v) is 10.9. The lowest BCUT2D eigenvalue weighted by molar-refractivity contribution is 0.150. The number of hydrogen-bond acceptors (Lipinski definition) is 4. The molecule has 4 aromatic rings. The molecule has 7 nitrogen and oxygen atoms in total. The molecule has 3 aromatic carbocycles. The predicted octanol–water partition coefficient (Wildman–Crippen LogP) is 6.51. The largest absolute Gasteiger partial charge is 0.340 e. The molecule has 0 amide bonds. The zero-order chi connectivity index (χ0) is 30.3. The number of para-hydroxylation sites is 1. The number of guanidine groups is 1. The number of aryl methyl sites for hydroxylation is 3. The first-order valence-corrected chi connectivity index (χ1v) is 14.8. The minimum atomic E-state index is -0.293. The third kappa shape index (κ3) is 7.77. The first-order valence-electron chi connectivity index (χ1n) is 14.4. The van der Waals surface area contributed by atoms with Crippen LogP contribution in [0.3, 0.4) is 0 Å². The fraction of sp³-hybridized carbons (Fsp3) is 0.273. The highest BCUT2D eigenvalue weighted by molar-refractivity contribution is 7.80. The third-order valence-corrected chi connectivity index (χ3v) is 7.60. The van der Waals surface area contributed by atoms with Crippen LogP contribution in [0.4, 0.5) is 20.4 Å². The maximum absolute atomic E-state index is 13.8. The van der Waals surface area contributed by atoms with E-state index in [9.17, 15) is 8.78 Å². The van der Waals surface area contributed by atoms with Crippen LogP contribution in [0.15, 0.2) is 83.9 Å². The van der Waals surface area contributed by atoms with Crippen LogP contribution in [0.5, 0.6) is 0 Å². The van der Waals surface area contributed by atoms with Gasteiger partial charge in [0.15, 0.2) is 0 Å². The van der Waals surface area contributed by atoms with Gasteiger partial charge in [-0.1, -0.05) is 49.4 Å². The van der Waals surface area contributed by atoms with Crippen LogP contribution >= 0.6 is 12.2 Å². The molecule has 43 heavy (non-hydrogen) atoms. The van der Waals surface area contributed by atoms with Crippen molar-refractivity contribution in [3.8, 4) is 0 Å². The number of benzene rings is 3. The van der Waals surface area contributed by atoms with E-state index in [0.29, 0.717) is 43.2 Å². The summed E-state index contributed by atoms with van der Waals surface area (Å²) >= 11 is 5.69. The first kappa shape index (κ1) is 30.2. The van der Waals surface area contributed by atoms with E-state index in [4.69, 9.17) is 17.2 Å². The normalized spacial score (nSPS) is 14.2. The summed E-state index contributed by atoms with van der Waals surface area (Å²) in [5.41, 5.74) is 5.64. The van der Waals surface area contributed by atoms with Crippen LogP contribution in [0.25, 0.3) is 0 Å². The summed E-state index contributed by atoms with van der Waals surface area (Å²) in [5.74, 6) is 0.415. The summed E-state index contributed by atoms with van der Waals surface area (Å²) < 4.78 is 27.6. The highest BCUT2D eigenvalue weighted by atomic mass is 32.1. The van der Waals surface area contributed by atoms with Crippen molar-refractivity contribution < 1.29 is 8.78 Å². The summed E-state index contributed by atoms with van der Waals surface area (Å²) in [7, 11) is 0. The zero-order valence-corrected chi connectivity index (χ0v) is 25.3. The summed E-state index contributed by atoms with van der Waals surface area (Å²) in [6.07, 6.45) is 0.863. The molecule has 1 fully saturated rings. The fourth-order valence-electron chi connectivity index (χ4n) is 5.35. The molecule has 0 saturated carbocycles. The Morgan fingerprint density at radius 3 is 1.95 bits per heavy atom. The van der Waals surface area contributed by atoms with Gasteiger partial charge in [0.05, 0.1) is 6.04 Å². The number of nitrogens with zero attached hydrogens (tertiary/aromatic N) is 5. The Morgan fingerprint density at radius 2 is 1.40 bits per heavy atom. The monoisotopic (exact) mass is 599 g/mol. The lowest BCUT2D eigenvalue weighted by Gasteiger charge is -2.40. The van der Waals surface area contributed by atoms with Crippen molar-refractivity contribution in [2.24, 2.45) is 4.99 Å². The van der Waals surface area contributed by atoms with Gasteiger partial charge in [0.1, 0.15) is 11.6 Å². The number of piperazine rings is 1. The fourth-order valence-corrected chi connectivity index (χ4v) is 5.54. The van der Waals surface area contributed by atoms with Crippen LogP contribution < -0.4 is 10.6 Å². The number of rotatable bonds is 6. The first-order chi connectivity index (χ1) is 20.8. The van der Waals surface area contributed by atoms with Crippen LogP contribution in [0, 0.1) is 25.5 Å². The standard InChI is InChI=1S/C33H35F2N7S/c1-4-24-7-5-6-8-29(24)38-33(43)40-32(39-31-36-22(2)21-23(3)37-31)42-19-17-41(18-20-42)30(25-9-13-27(34)14-10-25)26-11-15-28(35)16-12-26/h5-16,21,30H,4,17-20H2,1-3H3,(H2,36,37,38,39,40,43). The van der Waals surface area contributed by atoms with Gasteiger partial charge >= 0.3 is 0 Å². The Hall–Kier alpha value is -4.28. The van der Waals surface area contributed by atoms with Crippen LogP contribution in [-0.2, 0) is 6.42 Å². The number of halogens is 2. The van der Waals surface area contributed by atoms with Gasteiger partial charge in [-0.3, -0.25) is 10.2 Å². The van der Waals surface area contributed by atoms with Gasteiger partial charge < -0.3 is 10.2 Å². The van der Waals surface area contributed by atoms with Gasteiger partial charge in [0.25, 0.3) is 0 Å². The molecule has 2 heterocycles. The molecule has 2 N–H and O–H groups in total. The average Bonchev–Trinajstić information content (AvgIpc) is 2.99. The molecule has 1 aliphatic rings. The van der Waals surface area contributed by atoms with E-state index in [-0.39, 0.29) is 17.7 Å². The summed E-state index contributed by atoms with van der Waals surface area (Å²) in [6.45, 7) is 8.55. The van der Waals surface area contributed by atoms with Gasteiger partial charge in [-0.05, 0) is 85.6 Å². The molecule has 0 unspecified atom stereocenters. The smallest absolute Gasteiger partial charge is 0.229 e. The topological polar surface area (TPSA) is 68.7 Å². The Morgan fingerprint density at radius 1 is 0.837 bits per heavy atom. The summed E-state index contributed by atoms with van der Waals surface area (Å²) in [5, 5.41) is 6.93. The molecule has 0 aliphatic carbocycles. The third-order valence-electron chi connectivity index (χ3n) is 7.40. The van der Waals surface area contributed by atoms with Gasteiger partial charge in [0, 0.05) is 43.3 Å². The van der Waals surface area contributed by atoms with Gasteiger partial charge in [-0.25, -0.2) is 18.7 Å². The van der Waals surface area contributed by atoms with Crippen LogP contribution in [0.2, 0.25) is 0 Å². The van der Waals surface area contributed by atoms with E-state index >= 15 is 0 Å². The van der Waals surface area contributed by atoms with E-state index in [1.54, 1.807) is 24.3 Å². The van der Waals surface area contributed by atoms with Crippen molar-refractivity contribution in [3.05, 3.63) is 119 Å². The maximum Gasteiger partial charge on any atom is 0.229 e. The molecule has 0 radical (unpaired) electrons. The quantitative estimate of drug-likeness (QED) is 0.149. The van der Waals surface area contributed by atoms with E-state index in [0.717, 1.165) is 40.2 Å². The molecule has 222 valence electrons. The van der Waals surface area contributed by atoms with Gasteiger partial charge in [0.2, 0.25) is 17.0 Å². The van der Waals surface area contributed by atoms with Gasteiger partial charge in [-0.15, -0.1) is 0 Å². The molecule has 10 heteroatoms.